The molecular weight excluding hydrogens is 496 g/mol. The molecule has 0 spiro atoms. The first-order chi connectivity index (χ1) is 20.2. The summed E-state index contributed by atoms with van der Waals surface area (Å²) < 4.78 is 2.49. The van der Waals surface area contributed by atoms with Gasteiger partial charge in [-0.3, -0.25) is 0 Å². The van der Waals surface area contributed by atoms with Gasteiger partial charge in [0.1, 0.15) is 0 Å². The fraction of sp³-hybridized carbons (Fsp3) is 0.231. The topological polar surface area (TPSA) is 8.17 Å². The predicted octanol–water partition coefficient (Wildman–Crippen LogP) is 8.33. The number of anilines is 2. The molecule has 0 bridgehead atoms. The highest BCUT2D eigenvalue weighted by molar-refractivity contribution is 5.88. The average molecular weight is 533 g/mol. The quantitative estimate of drug-likeness (QED) is 0.227. The fourth-order valence-electron chi connectivity index (χ4n) is 7.30. The Morgan fingerprint density at radius 3 is 2.24 bits per heavy atom. The van der Waals surface area contributed by atoms with Crippen molar-refractivity contribution in [1.29, 1.82) is 0 Å². The Morgan fingerprint density at radius 2 is 1.44 bits per heavy atom. The first kappa shape index (κ1) is 24.5. The molecule has 4 aromatic carbocycles. The van der Waals surface area contributed by atoms with E-state index < -0.39 is 0 Å². The predicted molar refractivity (Wildman–Crippen MR) is 174 cm³/mol. The summed E-state index contributed by atoms with van der Waals surface area (Å²) >= 11 is 0. The van der Waals surface area contributed by atoms with Gasteiger partial charge in [0.25, 0.3) is 0 Å². The number of rotatable bonds is 3. The zero-order valence-corrected chi connectivity index (χ0v) is 24.0. The van der Waals surface area contributed by atoms with Crippen molar-refractivity contribution >= 4 is 40.5 Å². The number of nitrogens with zero attached hydrogens (tertiary/aromatic N) is 2. The summed E-state index contributed by atoms with van der Waals surface area (Å²) in [5.41, 5.74) is 12.0. The van der Waals surface area contributed by atoms with Crippen molar-refractivity contribution in [2.24, 2.45) is 5.92 Å². The lowest BCUT2D eigenvalue weighted by Crippen LogP contribution is -2.39. The van der Waals surface area contributed by atoms with E-state index in [1.165, 1.54) is 66.4 Å². The molecule has 202 valence electrons. The Bertz CT molecular complexity index is 1940. The SMILES string of the molecule is CC1Cc2ccccc2N(c2ccc(-c3ccc(-n4c5c(c6cc7c(cc64)CCC=C7)=CCCC=5)cc3)cc2)C1C. The van der Waals surface area contributed by atoms with E-state index in [0.29, 0.717) is 12.0 Å². The second-order valence-electron chi connectivity index (χ2n) is 12.1. The van der Waals surface area contributed by atoms with E-state index in [4.69, 9.17) is 0 Å². The number of fused-ring (bicyclic) bond motifs is 5. The molecule has 3 aliphatic rings. The van der Waals surface area contributed by atoms with Crippen molar-refractivity contribution in [3.05, 3.63) is 118 Å². The van der Waals surface area contributed by atoms with Crippen molar-refractivity contribution < 1.29 is 0 Å². The van der Waals surface area contributed by atoms with Gasteiger partial charge in [-0.1, -0.05) is 73.7 Å². The van der Waals surface area contributed by atoms with Crippen LogP contribution in [0, 0.1) is 5.92 Å². The lowest BCUT2D eigenvalue weighted by atomic mass is 9.87. The summed E-state index contributed by atoms with van der Waals surface area (Å²) in [4.78, 5) is 2.53. The van der Waals surface area contributed by atoms with Crippen LogP contribution in [0.4, 0.5) is 11.4 Å². The van der Waals surface area contributed by atoms with Crippen molar-refractivity contribution in [1.82, 2.24) is 4.57 Å². The van der Waals surface area contributed by atoms with Crippen LogP contribution in [0.15, 0.2) is 91.0 Å². The standard InChI is InChI=1S/C39H36N2/c1-26-23-32-11-5-7-13-37(32)40(27(26)2)33-19-15-28(16-20-33)29-17-21-34(22-18-29)41-38-14-8-6-12-35(38)36-24-30-9-3-4-10-31(30)25-39(36)41/h3,5,7,9,11-22,24-27H,4,6,8,10,23H2,1-2H3. The van der Waals surface area contributed by atoms with Gasteiger partial charge in [0.05, 0.1) is 5.52 Å². The van der Waals surface area contributed by atoms with Crippen LogP contribution < -0.4 is 15.5 Å². The van der Waals surface area contributed by atoms with Gasteiger partial charge in [0.2, 0.25) is 0 Å². The molecule has 41 heavy (non-hydrogen) atoms. The second kappa shape index (κ2) is 9.66. The maximum Gasteiger partial charge on any atom is 0.0543 e. The van der Waals surface area contributed by atoms with Crippen molar-refractivity contribution in [3.8, 4) is 16.8 Å². The Labute approximate surface area is 242 Å². The van der Waals surface area contributed by atoms with Gasteiger partial charge in [0, 0.05) is 39.1 Å². The van der Waals surface area contributed by atoms with Crippen molar-refractivity contribution in [2.75, 3.05) is 4.90 Å². The zero-order chi connectivity index (χ0) is 27.5. The third-order valence-electron chi connectivity index (χ3n) is 9.66. The molecule has 1 aliphatic heterocycles. The van der Waals surface area contributed by atoms with E-state index in [9.17, 15) is 0 Å². The largest absolute Gasteiger partial charge is 0.338 e. The molecule has 1 aromatic heterocycles. The molecule has 2 atom stereocenters. The molecule has 2 aliphatic carbocycles. The van der Waals surface area contributed by atoms with E-state index in [1.54, 1.807) is 0 Å². The van der Waals surface area contributed by atoms with Gasteiger partial charge in [-0.25, -0.2) is 0 Å². The number of benzene rings is 4. The average Bonchev–Trinajstić information content (AvgIpc) is 3.34. The van der Waals surface area contributed by atoms with Gasteiger partial charge in [-0.15, -0.1) is 0 Å². The van der Waals surface area contributed by atoms with Crippen LogP contribution in [0.2, 0.25) is 0 Å². The minimum atomic E-state index is 0.466. The van der Waals surface area contributed by atoms with Gasteiger partial charge in [0.15, 0.2) is 0 Å². The number of hydrogen-bond donors (Lipinski definition) is 0. The minimum Gasteiger partial charge on any atom is -0.338 e. The maximum absolute atomic E-state index is 2.53. The maximum atomic E-state index is 2.53. The highest BCUT2D eigenvalue weighted by atomic mass is 15.2. The highest BCUT2D eigenvalue weighted by Crippen LogP contribution is 2.39. The van der Waals surface area contributed by atoms with Crippen molar-refractivity contribution in [3.63, 3.8) is 0 Å². The van der Waals surface area contributed by atoms with Crippen molar-refractivity contribution in [2.45, 2.75) is 52.0 Å². The number of para-hydroxylation sites is 1. The van der Waals surface area contributed by atoms with Gasteiger partial charge in [-0.05, 0) is 115 Å². The molecule has 0 saturated heterocycles. The fourth-order valence-corrected chi connectivity index (χ4v) is 7.30. The monoisotopic (exact) mass is 532 g/mol. The Morgan fingerprint density at radius 1 is 0.707 bits per heavy atom. The molecule has 0 N–H and O–H groups in total. The first-order valence-corrected chi connectivity index (χ1v) is 15.3. The van der Waals surface area contributed by atoms with E-state index >= 15 is 0 Å². The summed E-state index contributed by atoms with van der Waals surface area (Å²) in [5.74, 6) is 0.615. The molecule has 0 fully saturated rings. The van der Waals surface area contributed by atoms with E-state index in [1.807, 2.05) is 0 Å². The summed E-state index contributed by atoms with van der Waals surface area (Å²) in [5, 5.41) is 4.12. The molecule has 2 unspecified atom stereocenters. The number of aryl methyl sites for hydroxylation is 1. The number of aromatic nitrogens is 1. The second-order valence-corrected chi connectivity index (χ2v) is 12.1. The molecule has 2 heterocycles. The van der Waals surface area contributed by atoms with Crippen LogP contribution in [0.3, 0.4) is 0 Å². The zero-order valence-electron chi connectivity index (χ0n) is 24.0. The molecule has 5 aromatic rings. The highest BCUT2D eigenvalue weighted by Gasteiger charge is 2.29. The summed E-state index contributed by atoms with van der Waals surface area (Å²) in [7, 11) is 0. The van der Waals surface area contributed by atoms with Gasteiger partial charge < -0.3 is 9.47 Å². The van der Waals surface area contributed by atoms with Crippen LogP contribution in [-0.4, -0.2) is 10.6 Å². The molecule has 0 radical (unpaired) electrons. The molecule has 0 amide bonds. The minimum absolute atomic E-state index is 0.466. The Hall–Kier alpha value is -4.30. The van der Waals surface area contributed by atoms with E-state index in [-0.39, 0.29) is 0 Å². The third-order valence-corrected chi connectivity index (χ3v) is 9.66. The molecule has 8 rings (SSSR count). The number of hydrogen-bond acceptors (Lipinski definition) is 1. The van der Waals surface area contributed by atoms with Crippen LogP contribution >= 0.6 is 0 Å². The third kappa shape index (κ3) is 4.00. The molecule has 2 nitrogen and oxygen atoms in total. The summed E-state index contributed by atoms with van der Waals surface area (Å²) in [6.45, 7) is 4.73. The van der Waals surface area contributed by atoms with Crippen LogP contribution in [0.1, 0.15) is 49.8 Å². The lowest BCUT2D eigenvalue weighted by molar-refractivity contribution is 0.455. The van der Waals surface area contributed by atoms with Crippen LogP contribution in [-0.2, 0) is 12.8 Å². The van der Waals surface area contributed by atoms with Gasteiger partial charge >= 0.3 is 0 Å². The molecule has 0 saturated carbocycles. The van der Waals surface area contributed by atoms with Crippen LogP contribution in [0.5, 0.6) is 0 Å². The molecular formula is C39H36N2. The summed E-state index contributed by atoms with van der Waals surface area (Å²) in [6, 6.07) is 32.6. The normalized spacial score (nSPS) is 19.2. The Kier molecular flexibility index (Phi) is 5.77. The van der Waals surface area contributed by atoms with Gasteiger partial charge in [-0.2, -0.15) is 0 Å². The van der Waals surface area contributed by atoms with Crippen LogP contribution in [0.25, 0.3) is 45.9 Å². The molecule has 2 heteroatoms. The summed E-state index contributed by atoms with van der Waals surface area (Å²) in [6.07, 6.45) is 15.1. The van der Waals surface area contributed by atoms with E-state index in [2.05, 4.69) is 133 Å². The smallest absolute Gasteiger partial charge is 0.0543 e. The number of allylic oxidation sites excluding steroid dienone is 1. The lowest BCUT2D eigenvalue weighted by Gasteiger charge is -2.41. The Balaban J connectivity index is 1.16. The van der Waals surface area contributed by atoms with E-state index in [0.717, 1.165) is 32.1 Å². The first-order valence-electron chi connectivity index (χ1n) is 15.3.